The molecule has 1 saturated carbocycles. The predicted molar refractivity (Wildman–Crippen MR) is 81.3 cm³/mol. The summed E-state index contributed by atoms with van der Waals surface area (Å²) in [5.41, 5.74) is 0.268. The van der Waals surface area contributed by atoms with Crippen LogP contribution >= 0.6 is 0 Å². The van der Waals surface area contributed by atoms with Gasteiger partial charge in [-0.1, -0.05) is 38.2 Å². The fraction of sp³-hybridized carbons (Fsp3) is 0.750. The van der Waals surface area contributed by atoms with Crippen LogP contribution in [0.15, 0.2) is 22.8 Å². The van der Waals surface area contributed by atoms with Gasteiger partial charge in [0.1, 0.15) is 0 Å². The molecule has 0 spiro atoms. The van der Waals surface area contributed by atoms with Gasteiger partial charge in [0.05, 0.1) is 6.26 Å². The molecule has 0 atom stereocenters. The van der Waals surface area contributed by atoms with Gasteiger partial charge in [0, 0.05) is 16.9 Å². The van der Waals surface area contributed by atoms with Gasteiger partial charge in [-0.15, -0.1) is 5.82 Å². The van der Waals surface area contributed by atoms with Crippen molar-refractivity contribution < 1.29 is 32.6 Å². The molecule has 1 aliphatic heterocycles. The van der Waals surface area contributed by atoms with Crippen molar-refractivity contribution in [1.29, 1.82) is 0 Å². The second kappa shape index (κ2) is 5.81. The zero-order valence-electron chi connectivity index (χ0n) is 14.1. The van der Waals surface area contributed by atoms with E-state index in [4.69, 9.17) is 13.7 Å². The Labute approximate surface area is 140 Å². The van der Waals surface area contributed by atoms with Crippen LogP contribution in [0, 0.1) is 0 Å². The molecule has 0 amide bonds. The van der Waals surface area contributed by atoms with Crippen molar-refractivity contribution in [2.24, 2.45) is 0 Å². The molecule has 0 aromatic carbocycles. The van der Waals surface area contributed by atoms with E-state index in [1.165, 1.54) is 32.1 Å². The van der Waals surface area contributed by atoms with Gasteiger partial charge >= 0.3 is 25.4 Å². The van der Waals surface area contributed by atoms with Gasteiger partial charge in [-0.05, 0) is 33.8 Å². The molecule has 5 heteroatoms. The van der Waals surface area contributed by atoms with E-state index >= 15 is 0 Å². The van der Waals surface area contributed by atoms with Crippen molar-refractivity contribution in [1.82, 2.24) is 0 Å². The quantitative estimate of drug-likeness (QED) is 0.755. The van der Waals surface area contributed by atoms with Crippen LogP contribution in [0.1, 0.15) is 59.8 Å². The van der Waals surface area contributed by atoms with Crippen LogP contribution in [0.4, 0.5) is 0 Å². The molecule has 2 aliphatic rings. The molecule has 1 aromatic rings. The Bertz CT molecular complexity index is 448. The Balaban J connectivity index is 0.00000161. The second-order valence-corrected chi connectivity index (χ2v) is 7.44. The van der Waals surface area contributed by atoms with Gasteiger partial charge in [0.25, 0.3) is 0 Å². The summed E-state index contributed by atoms with van der Waals surface area (Å²) in [5, 5.41) is 0. The summed E-state index contributed by atoms with van der Waals surface area (Å²) >= 11 is 0. The van der Waals surface area contributed by atoms with Crippen LogP contribution in [-0.4, -0.2) is 17.8 Å². The summed E-state index contributed by atoms with van der Waals surface area (Å²) in [5.74, 6) is 0.441. The van der Waals surface area contributed by atoms with E-state index in [-0.39, 0.29) is 30.1 Å². The third kappa shape index (κ3) is 2.77. The van der Waals surface area contributed by atoms with E-state index in [1.807, 2.05) is 12.1 Å². The maximum Gasteiger partial charge on any atom is 1.00 e. The minimum absolute atomic E-state index is 0. The fourth-order valence-corrected chi connectivity index (χ4v) is 3.82. The Kier molecular flexibility index (Phi) is 4.77. The Hall–Kier alpha value is -0.138. The Morgan fingerprint density at radius 1 is 1.00 bits per heavy atom. The summed E-state index contributed by atoms with van der Waals surface area (Å²) < 4.78 is 18.9. The third-order valence-electron chi connectivity index (χ3n) is 5.60. The summed E-state index contributed by atoms with van der Waals surface area (Å²) in [4.78, 5) is 0. The minimum atomic E-state index is -1.51. The first kappa shape index (κ1) is 17.2. The van der Waals surface area contributed by atoms with E-state index in [1.54, 1.807) is 6.26 Å². The summed E-state index contributed by atoms with van der Waals surface area (Å²) in [6.07, 6.45) is 7.94. The van der Waals surface area contributed by atoms with Gasteiger partial charge in [-0.25, -0.2) is 0 Å². The number of furan rings is 1. The summed E-state index contributed by atoms with van der Waals surface area (Å²) in [6, 6.07) is 3.96. The van der Waals surface area contributed by atoms with Crippen molar-refractivity contribution in [3.8, 4) is 0 Å². The van der Waals surface area contributed by atoms with Crippen LogP contribution in [0.2, 0.25) is 5.82 Å². The fourth-order valence-electron chi connectivity index (χ4n) is 3.82. The molecule has 2 fully saturated rings. The zero-order valence-corrected chi connectivity index (χ0v) is 14.1. The van der Waals surface area contributed by atoms with Crippen LogP contribution < -0.4 is 24.5 Å². The number of hydrogen-bond acceptors (Lipinski definition) is 3. The monoisotopic (exact) mass is 284 g/mol. The first-order chi connectivity index (χ1) is 9.37. The van der Waals surface area contributed by atoms with Gasteiger partial charge < -0.3 is 13.7 Å². The van der Waals surface area contributed by atoms with Crippen molar-refractivity contribution in [3.05, 3.63) is 18.4 Å². The zero-order chi connectivity index (χ0) is 14.4. The predicted octanol–water partition coefficient (Wildman–Crippen LogP) is 0.871. The second-order valence-electron chi connectivity index (χ2n) is 7.44. The van der Waals surface area contributed by atoms with E-state index in [9.17, 15) is 0 Å². The summed E-state index contributed by atoms with van der Waals surface area (Å²) in [7, 11) is 0. The van der Waals surface area contributed by atoms with E-state index in [0.717, 1.165) is 5.66 Å². The molecule has 0 bridgehead atoms. The molecule has 21 heavy (non-hydrogen) atoms. The molecule has 0 N–H and O–H groups in total. The van der Waals surface area contributed by atoms with E-state index in [0.29, 0.717) is 5.82 Å². The topological polar surface area (TPSA) is 31.6 Å². The van der Waals surface area contributed by atoms with Crippen LogP contribution in [-0.2, 0) is 9.31 Å². The van der Waals surface area contributed by atoms with Crippen LogP contribution in [0.25, 0.3) is 0 Å². The van der Waals surface area contributed by atoms with Crippen molar-refractivity contribution in [2.75, 3.05) is 0 Å². The first-order valence-electron chi connectivity index (χ1n) is 7.96. The average Bonchev–Trinajstić information content (AvgIpc) is 2.97. The SMILES string of the molecule is CC1(C)O[B-](c2ccco2)(C2CCCCC2)OC1(C)C.[Li+]. The van der Waals surface area contributed by atoms with Gasteiger partial charge in [0.2, 0.25) is 0 Å². The van der Waals surface area contributed by atoms with Gasteiger partial charge in [0.15, 0.2) is 0 Å². The molecule has 3 rings (SSSR count). The Morgan fingerprint density at radius 3 is 2.05 bits per heavy atom. The molecule has 1 aliphatic carbocycles. The molecule has 1 aromatic heterocycles. The third-order valence-corrected chi connectivity index (χ3v) is 5.60. The molecule has 3 nitrogen and oxygen atoms in total. The molecule has 2 heterocycles. The largest absolute Gasteiger partial charge is 1.00 e. The average molecular weight is 284 g/mol. The first-order valence-corrected chi connectivity index (χ1v) is 7.96. The molecular formula is C16H26BLiO3. The summed E-state index contributed by atoms with van der Waals surface area (Å²) in [6.45, 7) is 7.00. The molecule has 0 unspecified atom stereocenters. The molecule has 0 radical (unpaired) electrons. The van der Waals surface area contributed by atoms with E-state index < -0.39 is 6.55 Å². The van der Waals surface area contributed by atoms with Crippen molar-refractivity contribution in [2.45, 2.75) is 76.8 Å². The van der Waals surface area contributed by atoms with Crippen LogP contribution in [0.3, 0.4) is 0 Å². The Morgan fingerprint density at radius 2 is 1.57 bits per heavy atom. The van der Waals surface area contributed by atoms with Gasteiger partial charge in [-0.2, -0.15) is 0 Å². The van der Waals surface area contributed by atoms with Crippen molar-refractivity contribution >= 4 is 12.2 Å². The normalized spacial score (nSPS) is 27.2. The van der Waals surface area contributed by atoms with E-state index in [2.05, 4.69) is 27.7 Å². The smallest absolute Gasteiger partial charge is 0.556 e. The maximum absolute atomic E-state index is 6.58. The number of rotatable bonds is 2. The standard InChI is InChI=1S/C16H26BO3.Li/c1-15(2)16(3,4)20-17(19-15,14-11-8-12-18-14)13-9-6-5-7-10-13;/h8,11-13H,5-7,9-10H2,1-4H3;/q-1;+1. The molecule has 112 valence electrons. The van der Waals surface area contributed by atoms with Crippen molar-refractivity contribution in [3.63, 3.8) is 0 Å². The van der Waals surface area contributed by atoms with Crippen LogP contribution in [0.5, 0.6) is 0 Å². The molecule has 1 saturated heterocycles. The number of hydrogen-bond donors (Lipinski definition) is 0. The van der Waals surface area contributed by atoms with Gasteiger partial charge in [-0.3, -0.25) is 0 Å². The molecular weight excluding hydrogens is 258 g/mol. The maximum atomic E-state index is 6.58. The minimum Gasteiger partial charge on any atom is -0.556 e.